The van der Waals surface area contributed by atoms with Crippen molar-refractivity contribution in [1.82, 2.24) is 10.2 Å². The number of carbonyl (C=O) groups excluding carboxylic acids is 2. The summed E-state index contributed by atoms with van der Waals surface area (Å²) in [6, 6.07) is 21.7. The molecule has 7 nitrogen and oxygen atoms in total. The van der Waals surface area contributed by atoms with Crippen LogP contribution in [0, 0.1) is 0 Å². The van der Waals surface area contributed by atoms with E-state index in [-0.39, 0.29) is 30.5 Å². The predicted molar refractivity (Wildman–Crippen MR) is 128 cm³/mol. The zero-order valence-electron chi connectivity index (χ0n) is 19.0. The number of rotatable bonds is 7. The molecule has 0 spiro atoms. The number of likely N-dealkylation sites (N-methyl/N-ethyl adjacent to an activating group) is 1. The molecular formula is C27H26N2O5. The molecule has 0 heterocycles. The van der Waals surface area contributed by atoms with Crippen molar-refractivity contribution < 1.29 is 24.2 Å². The minimum Gasteiger partial charge on any atom is -0.478 e. The van der Waals surface area contributed by atoms with Crippen molar-refractivity contribution in [2.75, 3.05) is 13.7 Å². The van der Waals surface area contributed by atoms with Gasteiger partial charge in [-0.3, -0.25) is 4.79 Å². The molecular weight excluding hydrogens is 432 g/mol. The van der Waals surface area contributed by atoms with E-state index in [2.05, 4.69) is 17.4 Å². The second-order valence-electron chi connectivity index (χ2n) is 8.39. The first-order chi connectivity index (χ1) is 16.3. The fourth-order valence-electron chi connectivity index (χ4n) is 4.31. The van der Waals surface area contributed by atoms with Gasteiger partial charge in [-0.2, -0.15) is 0 Å². The van der Waals surface area contributed by atoms with Crippen LogP contribution in [0.25, 0.3) is 11.1 Å². The van der Waals surface area contributed by atoms with E-state index in [9.17, 15) is 14.4 Å². The maximum atomic E-state index is 12.7. The van der Waals surface area contributed by atoms with Crippen molar-refractivity contribution in [2.45, 2.75) is 25.4 Å². The molecule has 0 bridgehead atoms. The molecule has 0 saturated heterocycles. The largest absolute Gasteiger partial charge is 0.478 e. The molecule has 3 aromatic carbocycles. The van der Waals surface area contributed by atoms with E-state index in [1.54, 1.807) is 26.1 Å². The highest BCUT2D eigenvalue weighted by Gasteiger charge is 2.29. The quantitative estimate of drug-likeness (QED) is 0.551. The lowest BCUT2D eigenvalue weighted by atomic mass is 9.98. The second-order valence-corrected chi connectivity index (χ2v) is 8.39. The molecule has 0 fully saturated rings. The van der Waals surface area contributed by atoms with Crippen LogP contribution >= 0.6 is 0 Å². The normalized spacial score (nSPS) is 12.9. The van der Waals surface area contributed by atoms with Crippen molar-refractivity contribution in [1.29, 1.82) is 0 Å². The van der Waals surface area contributed by atoms with Gasteiger partial charge in [-0.25, -0.2) is 9.59 Å². The monoisotopic (exact) mass is 458 g/mol. The topological polar surface area (TPSA) is 95.9 Å². The third kappa shape index (κ3) is 4.78. The van der Waals surface area contributed by atoms with Crippen LogP contribution < -0.4 is 5.32 Å². The maximum absolute atomic E-state index is 12.7. The number of benzene rings is 3. The number of hydrogen-bond donors (Lipinski definition) is 2. The van der Waals surface area contributed by atoms with E-state index in [1.807, 2.05) is 36.4 Å². The van der Waals surface area contributed by atoms with Crippen molar-refractivity contribution in [3.63, 3.8) is 0 Å². The number of carboxylic acids is 1. The Morgan fingerprint density at radius 2 is 1.50 bits per heavy atom. The number of hydrogen-bond acceptors (Lipinski definition) is 4. The van der Waals surface area contributed by atoms with E-state index in [4.69, 9.17) is 9.84 Å². The fraction of sp³-hybridized carbons (Fsp3) is 0.222. The number of carbonyl (C=O) groups is 3. The molecule has 1 aliphatic carbocycles. The molecule has 1 aliphatic rings. The summed E-state index contributed by atoms with van der Waals surface area (Å²) in [7, 11) is 1.63. The van der Waals surface area contributed by atoms with Gasteiger partial charge in [0, 0.05) is 19.5 Å². The summed E-state index contributed by atoms with van der Waals surface area (Å²) in [5, 5.41) is 11.6. The molecule has 2 amide bonds. The summed E-state index contributed by atoms with van der Waals surface area (Å²) in [6.07, 6.45) is -0.651. The van der Waals surface area contributed by atoms with Crippen LogP contribution in [-0.2, 0) is 16.1 Å². The minimum atomic E-state index is -1.00. The third-order valence-electron chi connectivity index (χ3n) is 6.05. The van der Waals surface area contributed by atoms with E-state index < -0.39 is 18.1 Å². The second kappa shape index (κ2) is 9.79. The van der Waals surface area contributed by atoms with Gasteiger partial charge in [0.05, 0.1) is 5.56 Å². The van der Waals surface area contributed by atoms with Crippen LogP contribution in [0.5, 0.6) is 0 Å². The van der Waals surface area contributed by atoms with Gasteiger partial charge in [0.15, 0.2) is 0 Å². The highest BCUT2D eigenvalue weighted by atomic mass is 16.5. The zero-order valence-corrected chi connectivity index (χ0v) is 19.0. The predicted octanol–water partition coefficient (Wildman–Crippen LogP) is 4.27. The van der Waals surface area contributed by atoms with Gasteiger partial charge < -0.3 is 20.1 Å². The Balaban J connectivity index is 1.32. The number of ether oxygens (including phenoxy) is 1. The molecule has 3 aromatic rings. The van der Waals surface area contributed by atoms with Gasteiger partial charge in [0.1, 0.15) is 12.6 Å². The Morgan fingerprint density at radius 3 is 2.06 bits per heavy atom. The molecule has 0 aliphatic heterocycles. The number of amides is 2. The van der Waals surface area contributed by atoms with Crippen molar-refractivity contribution >= 4 is 18.0 Å². The Kier molecular flexibility index (Phi) is 6.63. The Morgan fingerprint density at radius 1 is 0.941 bits per heavy atom. The smallest absolute Gasteiger partial charge is 0.407 e. The van der Waals surface area contributed by atoms with Crippen LogP contribution in [0.4, 0.5) is 4.79 Å². The summed E-state index contributed by atoms with van der Waals surface area (Å²) >= 11 is 0. The standard InChI is InChI=1S/C27H26N2O5/c1-17(25(30)29(2)15-18-11-13-19(14-12-18)26(31)32)28-27(33)34-16-24-22-9-5-3-7-20(22)21-8-4-6-10-23(21)24/h3-14,17,24H,15-16H2,1-2H3,(H,28,33)(H,31,32). The van der Waals surface area contributed by atoms with Crippen LogP contribution in [0.1, 0.15) is 39.9 Å². The Hall–Kier alpha value is -4.13. The lowest BCUT2D eigenvalue weighted by Crippen LogP contribution is -2.45. The van der Waals surface area contributed by atoms with Crippen molar-refractivity contribution in [3.05, 3.63) is 95.1 Å². The van der Waals surface area contributed by atoms with Crippen LogP contribution in [0.3, 0.4) is 0 Å². The first-order valence-corrected chi connectivity index (χ1v) is 11.0. The number of nitrogens with zero attached hydrogens (tertiary/aromatic N) is 1. The highest BCUT2D eigenvalue weighted by molar-refractivity contribution is 5.87. The molecule has 0 radical (unpaired) electrons. The van der Waals surface area contributed by atoms with E-state index >= 15 is 0 Å². The SMILES string of the molecule is CC(NC(=O)OCC1c2ccccc2-c2ccccc21)C(=O)N(C)Cc1ccc(C(=O)O)cc1. The average molecular weight is 459 g/mol. The molecule has 4 rings (SSSR count). The highest BCUT2D eigenvalue weighted by Crippen LogP contribution is 2.44. The summed E-state index contributed by atoms with van der Waals surface area (Å²) in [6.45, 7) is 2.07. The first kappa shape index (κ1) is 23.0. The summed E-state index contributed by atoms with van der Waals surface area (Å²) in [5.74, 6) is -1.34. The first-order valence-electron chi connectivity index (χ1n) is 11.0. The molecule has 1 unspecified atom stereocenters. The molecule has 2 N–H and O–H groups in total. The van der Waals surface area contributed by atoms with E-state index in [0.29, 0.717) is 0 Å². The van der Waals surface area contributed by atoms with Gasteiger partial charge >= 0.3 is 12.1 Å². The number of nitrogens with one attached hydrogen (secondary N) is 1. The number of carboxylic acid groups (broad SMARTS) is 1. The van der Waals surface area contributed by atoms with Crippen LogP contribution in [0.15, 0.2) is 72.8 Å². The van der Waals surface area contributed by atoms with Crippen molar-refractivity contribution in [2.24, 2.45) is 0 Å². The number of alkyl carbamates (subject to hydrolysis) is 1. The third-order valence-corrected chi connectivity index (χ3v) is 6.05. The Labute approximate surface area is 198 Å². The van der Waals surface area contributed by atoms with Gasteiger partial charge in [-0.15, -0.1) is 0 Å². The number of fused-ring (bicyclic) bond motifs is 3. The van der Waals surface area contributed by atoms with Crippen LogP contribution in [-0.4, -0.2) is 47.7 Å². The van der Waals surface area contributed by atoms with Gasteiger partial charge in [-0.05, 0) is 46.9 Å². The molecule has 0 aromatic heterocycles. The minimum absolute atomic E-state index is 0.0550. The molecule has 174 valence electrons. The summed E-state index contributed by atoms with van der Waals surface area (Å²) in [5.41, 5.74) is 5.50. The molecule has 1 atom stereocenters. The molecule has 0 saturated carbocycles. The van der Waals surface area contributed by atoms with E-state index in [1.165, 1.54) is 17.0 Å². The molecule has 34 heavy (non-hydrogen) atoms. The van der Waals surface area contributed by atoms with E-state index in [0.717, 1.165) is 27.8 Å². The fourth-order valence-corrected chi connectivity index (χ4v) is 4.31. The zero-order chi connectivity index (χ0) is 24.2. The summed E-state index contributed by atoms with van der Waals surface area (Å²) in [4.78, 5) is 37.6. The van der Waals surface area contributed by atoms with Gasteiger partial charge in [0.25, 0.3) is 0 Å². The lowest BCUT2D eigenvalue weighted by molar-refractivity contribution is -0.132. The van der Waals surface area contributed by atoms with Crippen molar-refractivity contribution in [3.8, 4) is 11.1 Å². The Bertz CT molecular complexity index is 1180. The summed E-state index contributed by atoms with van der Waals surface area (Å²) < 4.78 is 5.52. The maximum Gasteiger partial charge on any atom is 0.407 e. The number of aromatic carboxylic acids is 1. The average Bonchev–Trinajstić information content (AvgIpc) is 3.16. The lowest BCUT2D eigenvalue weighted by Gasteiger charge is -2.22. The van der Waals surface area contributed by atoms with Crippen LogP contribution in [0.2, 0.25) is 0 Å². The molecule has 7 heteroatoms. The van der Waals surface area contributed by atoms with Gasteiger partial charge in [-0.1, -0.05) is 60.7 Å². The van der Waals surface area contributed by atoms with Gasteiger partial charge in [0.2, 0.25) is 5.91 Å².